The fourth-order valence-corrected chi connectivity index (χ4v) is 2.01. The van der Waals surface area contributed by atoms with Gasteiger partial charge in [-0.1, -0.05) is 12.1 Å². The van der Waals surface area contributed by atoms with E-state index in [1.807, 2.05) is 18.2 Å². The third-order valence-corrected chi connectivity index (χ3v) is 3.15. The first-order valence-electron chi connectivity index (χ1n) is 7.57. The molecule has 1 aromatic heterocycles. The van der Waals surface area contributed by atoms with Crippen molar-refractivity contribution in [2.75, 3.05) is 25.5 Å². The van der Waals surface area contributed by atoms with Gasteiger partial charge >= 0.3 is 0 Å². The summed E-state index contributed by atoms with van der Waals surface area (Å²) in [5.74, 6) is -0.165. The van der Waals surface area contributed by atoms with Gasteiger partial charge < -0.3 is 16.0 Å². The Kier molecular flexibility index (Phi) is 6.70. The molecule has 0 saturated carbocycles. The van der Waals surface area contributed by atoms with Crippen LogP contribution in [0.25, 0.3) is 0 Å². The van der Waals surface area contributed by atoms with E-state index >= 15 is 0 Å². The van der Waals surface area contributed by atoms with Crippen LogP contribution in [0.4, 0.5) is 10.1 Å². The summed E-state index contributed by atoms with van der Waals surface area (Å²) in [4.78, 5) is 20.1. The molecule has 0 radical (unpaired) electrons. The Balaban J connectivity index is 1.72. The minimum Gasteiger partial charge on any atom is -0.356 e. The van der Waals surface area contributed by atoms with Crippen LogP contribution >= 0.6 is 0 Å². The molecule has 1 heterocycles. The lowest BCUT2D eigenvalue weighted by Crippen LogP contribution is -2.42. The molecule has 6 nitrogen and oxygen atoms in total. The molecule has 3 N–H and O–H groups in total. The number of hydrogen-bond donors (Lipinski definition) is 3. The van der Waals surface area contributed by atoms with Gasteiger partial charge in [-0.15, -0.1) is 0 Å². The summed E-state index contributed by atoms with van der Waals surface area (Å²) in [6.07, 6.45) is 2.50. The van der Waals surface area contributed by atoms with E-state index in [1.165, 1.54) is 18.2 Å². The van der Waals surface area contributed by atoms with E-state index in [4.69, 9.17) is 0 Å². The molecule has 7 heteroatoms. The van der Waals surface area contributed by atoms with Crippen LogP contribution < -0.4 is 16.0 Å². The van der Waals surface area contributed by atoms with Crippen LogP contribution in [0.15, 0.2) is 53.7 Å². The maximum Gasteiger partial charge on any atom is 0.243 e. The first-order valence-corrected chi connectivity index (χ1v) is 7.57. The first kappa shape index (κ1) is 17.4. The number of aliphatic imine (C=N–C) groups is 1. The topological polar surface area (TPSA) is 78.4 Å². The van der Waals surface area contributed by atoms with E-state index in [-0.39, 0.29) is 12.5 Å². The van der Waals surface area contributed by atoms with Crippen LogP contribution in [-0.2, 0) is 11.2 Å². The lowest BCUT2D eigenvalue weighted by atomic mass is 10.3. The number of guanidine groups is 1. The average molecular weight is 329 g/mol. The van der Waals surface area contributed by atoms with Gasteiger partial charge in [-0.2, -0.15) is 0 Å². The zero-order valence-electron chi connectivity index (χ0n) is 13.4. The van der Waals surface area contributed by atoms with Crippen molar-refractivity contribution in [1.29, 1.82) is 0 Å². The third kappa shape index (κ3) is 6.04. The molecular weight excluding hydrogens is 309 g/mol. The molecule has 0 aliphatic carbocycles. The highest BCUT2D eigenvalue weighted by Gasteiger charge is 2.05. The molecule has 2 aromatic rings. The van der Waals surface area contributed by atoms with E-state index in [0.717, 1.165) is 12.1 Å². The van der Waals surface area contributed by atoms with E-state index in [9.17, 15) is 9.18 Å². The molecule has 0 spiro atoms. The van der Waals surface area contributed by atoms with Crippen molar-refractivity contribution in [2.45, 2.75) is 6.42 Å². The van der Waals surface area contributed by atoms with Crippen LogP contribution in [-0.4, -0.2) is 37.0 Å². The number of anilines is 1. The second-order valence-corrected chi connectivity index (χ2v) is 4.98. The zero-order chi connectivity index (χ0) is 17.2. The lowest BCUT2D eigenvalue weighted by Gasteiger charge is -2.12. The van der Waals surface area contributed by atoms with Gasteiger partial charge in [-0.25, -0.2) is 4.39 Å². The minimum absolute atomic E-state index is 0.0276. The van der Waals surface area contributed by atoms with E-state index in [0.29, 0.717) is 18.2 Å². The Morgan fingerprint density at radius 3 is 2.79 bits per heavy atom. The van der Waals surface area contributed by atoms with Crippen molar-refractivity contribution in [1.82, 2.24) is 15.6 Å². The number of amides is 1. The smallest absolute Gasteiger partial charge is 0.243 e. The van der Waals surface area contributed by atoms with Crippen molar-refractivity contribution in [3.05, 3.63) is 60.2 Å². The third-order valence-electron chi connectivity index (χ3n) is 3.15. The predicted molar refractivity (Wildman–Crippen MR) is 92.3 cm³/mol. The van der Waals surface area contributed by atoms with Gasteiger partial charge in [0.2, 0.25) is 5.91 Å². The van der Waals surface area contributed by atoms with Gasteiger partial charge in [-0.05, 0) is 30.3 Å². The van der Waals surface area contributed by atoms with Crippen molar-refractivity contribution in [3.63, 3.8) is 0 Å². The predicted octanol–water partition coefficient (Wildman–Crippen LogP) is 1.57. The van der Waals surface area contributed by atoms with Gasteiger partial charge in [0.25, 0.3) is 0 Å². The number of pyridine rings is 1. The number of aromatic nitrogens is 1. The Labute approximate surface area is 140 Å². The monoisotopic (exact) mass is 329 g/mol. The number of halogens is 1. The molecule has 1 amide bonds. The highest BCUT2D eigenvalue weighted by Crippen LogP contribution is 2.08. The van der Waals surface area contributed by atoms with Gasteiger partial charge in [0.1, 0.15) is 5.82 Å². The number of hydrogen-bond acceptors (Lipinski definition) is 3. The normalized spacial score (nSPS) is 11.0. The highest BCUT2D eigenvalue weighted by atomic mass is 19.1. The number of carbonyl (C=O) groups excluding carboxylic acids is 1. The Morgan fingerprint density at radius 1 is 1.21 bits per heavy atom. The van der Waals surface area contributed by atoms with Crippen molar-refractivity contribution >= 4 is 17.6 Å². The fraction of sp³-hybridized carbons (Fsp3) is 0.235. The summed E-state index contributed by atoms with van der Waals surface area (Å²) in [7, 11) is 1.63. The molecule has 2 rings (SSSR count). The Bertz CT molecular complexity index is 690. The number of nitrogens with zero attached hydrogens (tertiary/aromatic N) is 2. The van der Waals surface area contributed by atoms with Crippen molar-refractivity contribution < 1.29 is 9.18 Å². The summed E-state index contributed by atoms with van der Waals surface area (Å²) in [6.45, 7) is 0.669. The summed E-state index contributed by atoms with van der Waals surface area (Å²) in [6, 6.07) is 11.5. The number of nitrogens with one attached hydrogen (secondary N) is 3. The largest absolute Gasteiger partial charge is 0.356 e. The van der Waals surface area contributed by atoms with E-state index in [2.05, 4.69) is 25.9 Å². The Morgan fingerprint density at radius 2 is 2.08 bits per heavy atom. The van der Waals surface area contributed by atoms with E-state index < -0.39 is 5.82 Å². The van der Waals surface area contributed by atoms with Gasteiger partial charge in [0.05, 0.1) is 6.54 Å². The van der Waals surface area contributed by atoms with E-state index in [1.54, 1.807) is 19.3 Å². The first-order chi connectivity index (χ1) is 11.7. The second kappa shape index (κ2) is 9.24. The molecule has 0 bridgehead atoms. The van der Waals surface area contributed by atoms with Gasteiger partial charge in [0, 0.05) is 37.6 Å². The maximum absolute atomic E-state index is 13.1. The Hall–Kier alpha value is -2.96. The highest BCUT2D eigenvalue weighted by molar-refractivity contribution is 5.94. The molecule has 1 aromatic carbocycles. The molecule has 24 heavy (non-hydrogen) atoms. The summed E-state index contributed by atoms with van der Waals surface area (Å²) in [5, 5.41) is 8.62. The van der Waals surface area contributed by atoms with Crippen molar-refractivity contribution in [3.8, 4) is 0 Å². The van der Waals surface area contributed by atoms with Gasteiger partial charge in [0.15, 0.2) is 5.96 Å². The minimum atomic E-state index is -0.396. The molecule has 126 valence electrons. The maximum atomic E-state index is 13.1. The van der Waals surface area contributed by atoms with Crippen LogP contribution in [0, 0.1) is 5.82 Å². The molecule has 0 saturated heterocycles. The summed E-state index contributed by atoms with van der Waals surface area (Å²) < 4.78 is 13.1. The number of benzene rings is 1. The number of rotatable bonds is 6. The molecule has 0 aliphatic heterocycles. The molecule has 0 fully saturated rings. The standard InChI is InChI=1S/C17H20FN5O/c1-19-17(21-10-8-14-6-2-3-9-20-14)22-12-16(24)23-15-7-4-5-13(18)11-15/h2-7,9,11H,8,10,12H2,1H3,(H,23,24)(H2,19,21,22). The zero-order valence-corrected chi connectivity index (χ0v) is 13.4. The number of carbonyl (C=O) groups is 1. The van der Waals surface area contributed by atoms with Crippen LogP contribution in [0.3, 0.4) is 0 Å². The SMILES string of the molecule is CN=C(NCCc1ccccn1)NCC(=O)Nc1cccc(F)c1. The summed E-state index contributed by atoms with van der Waals surface area (Å²) >= 11 is 0. The molecular formula is C17H20FN5O. The van der Waals surface area contributed by atoms with Crippen LogP contribution in [0.5, 0.6) is 0 Å². The molecule has 0 atom stereocenters. The molecule has 0 aliphatic rings. The second-order valence-electron chi connectivity index (χ2n) is 4.98. The van der Waals surface area contributed by atoms with Crippen LogP contribution in [0.2, 0.25) is 0 Å². The van der Waals surface area contributed by atoms with Crippen LogP contribution in [0.1, 0.15) is 5.69 Å². The molecule has 0 unspecified atom stereocenters. The fourth-order valence-electron chi connectivity index (χ4n) is 2.01. The average Bonchev–Trinajstić information content (AvgIpc) is 2.59. The quantitative estimate of drug-likeness (QED) is 0.555. The van der Waals surface area contributed by atoms with Gasteiger partial charge in [-0.3, -0.25) is 14.8 Å². The summed E-state index contributed by atoms with van der Waals surface area (Å²) in [5.41, 5.74) is 1.39. The van der Waals surface area contributed by atoms with Crippen molar-refractivity contribution in [2.24, 2.45) is 4.99 Å². The lowest BCUT2D eigenvalue weighted by molar-refractivity contribution is -0.115.